The number of benzene rings is 1. The lowest BCUT2D eigenvalue weighted by molar-refractivity contribution is -0.118. The third kappa shape index (κ3) is 3.65. The Morgan fingerprint density at radius 1 is 1.18 bits per heavy atom. The Bertz CT molecular complexity index is 1000. The average Bonchev–Trinajstić information content (AvgIpc) is 3.29. The first-order chi connectivity index (χ1) is 13.5. The number of carbonyl (C=O) groups excluding carboxylic acids is 2. The molecule has 4 rings (SSSR count). The van der Waals surface area contributed by atoms with Gasteiger partial charge in [0.1, 0.15) is 5.69 Å². The number of nitrogens with zero attached hydrogens (tertiary/aromatic N) is 3. The van der Waals surface area contributed by atoms with Crippen molar-refractivity contribution in [3.8, 4) is 11.3 Å². The lowest BCUT2D eigenvalue weighted by atomic mass is 10.1. The summed E-state index contributed by atoms with van der Waals surface area (Å²) >= 11 is 1.45. The highest BCUT2D eigenvalue weighted by Crippen LogP contribution is 2.25. The van der Waals surface area contributed by atoms with Gasteiger partial charge in [-0.3, -0.25) is 14.0 Å². The topological polar surface area (TPSA) is 75.9 Å². The number of nitrogens with one attached hydrogen (secondary N) is 1. The van der Waals surface area contributed by atoms with Gasteiger partial charge in [0.15, 0.2) is 4.96 Å². The molecular weight excluding hydrogens is 376 g/mol. The van der Waals surface area contributed by atoms with E-state index < -0.39 is 0 Å². The van der Waals surface area contributed by atoms with E-state index >= 15 is 0 Å². The van der Waals surface area contributed by atoms with E-state index in [1.54, 1.807) is 0 Å². The fourth-order valence-electron chi connectivity index (χ4n) is 3.02. The van der Waals surface area contributed by atoms with E-state index in [1.165, 1.54) is 11.3 Å². The van der Waals surface area contributed by atoms with Gasteiger partial charge in [0, 0.05) is 41.8 Å². The molecule has 0 spiro atoms. The number of ether oxygens (including phenoxy) is 1. The minimum Gasteiger partial charge on any atom is -0.378 e. The Hall–Kier alpha value is -2.71. The van der Waals surface area contributed by atoms with Crippen molar-refractivity contribution < 1.29 is 14.3 Å². The van der Waals surface area contributed by atoms with Crippen LogP contribution in [0, 0.1) is 5.92 Å². The first-order valence-corrected chi connectivity index (χ1v) is 10.2. The number of amides is 2. The molecule has 0 bridgehead atoms. The summed E-state index contributed by atoms with van der Waals surface area (Å²) in [5.41, 5.74) is 3.11. The van der Waals surface area contributed by atoms with Crippen LogP contribution in [0.1, 0.15) is 24.3 Å². The highest BCUT2D eigenvalue weighted by Gasteiger charge is 2.22. The van der Waals surface area contributed by atoms with Crippen LogP contribution in [0.5, 0.6) is 0 Å². The van der Waals surface area contributed by atoms with E-state index in [-0.39, 0.29) is 17.7 Å². The first-order valence-electron chi connectivity index (χ1n) is 9.28. The second kappa shape index (κ2) is 7.73. The number of fused-ring (bicyclic) bond motifs is 1. The minimum absolute atomic E-state index is 0.00486. The van der Waals surface area contributed by atoms with Crippen molar-refractivity contribution >= 4 is 33.8 Å². The molecule has 0 radical (unpaired) electrons. The fraction of sp³-hybridized carbons (Fsp3) is 0.350. The molecule has 2 aromatic heterocycles. The number of hydrogen-bond acceptors (Lipinski definition) is 5. The zero-order valence-electron chi connectivity index (χ0n) is 15.8. The molecule has 1 aromatic carbocycles. The van der Waals surface area contributed by atoms with Gasteiger partial charge in [-0.05, 0) is 12.1 Å². The molecule has 1 fully saturated rings. The molecule has 0 saturated carbocycles. The predicted molar refractivity (Wildman–Crippen MR) is 109 cm³/mol. The molecule has 1 N–H and O–H groups in total. The molecule has 7 nitrogen and oxygen atoms in total. The average molecular weight is 398 g/mol. The quantitative estimate of drug-likeness (QED) is 0.733. The normalized spacial score (nSPS) is 14.6. The number of carbonyl (C=O) groups is 2. The number of imidazole rings is 1. The Labute approximate surface area is 166 Å². The van der Waals surface area contributed by atoms with Crippen molar-refractivity contribution in [3.63, 3.8) is 0 Å². The minimum atomic E-state index is -0.0676. The van der Waals surface area contributed by atoms with Gasteiger partial charge in [0.25, 0.3) is 5.91 Å². The van der Waals surface area contributed by atoms with Crippen LogP contribution >= 0.6 is 11.3 Å². The number of hydrogen-bond donors (Lipinski definition) is 1. The third-order valence-electron chi connectivity index (χ3n) is 4.70. The van der Waals surface area contributed by atoms with Crippen LogP contribution in [0.4, 0.5) is 5.69 Å². The largest absolute Gasteiger partial charge is 0.378 e. The van der Waals surface area contributed by atoms with E-state index in [4.69, 9.17) is 4.74 Å². The van der Waals surface area contributed by atoms with Crippen molar-refractivity contribution in [2.75, 3.05) is 31.6 Å². The number of rotatable bonds is 4. The molecule has 8 heteroatoms. The van der Waals surface area contributed by atoms with Gasteiger partial charge < -0.3 is 15.0 Å². The summed E-state index contributed by atoms with van der Waals surface area (Å²) in [5, 5.41) is 4.73. The first kappa shape index (κ1) is 18.6. The molecule has 2 amide bonds. The Balaban J connectivity index is 1.56. The summed E-state index contributed by atoms with van der Waals surface area (Å²) in [6, 6.07) is 7.57. The number of morpholine rings is 1. The van der Waals surface area contributed by atoms with E-state index in [2.05, 4.69) is 10.3 Å². The van der Waals surface area contributed by atoms with Gasteiger partial charge in [-0.25, -0.2) is 4.98 Å². The van der Waals surface area contributed by atoms with Gasteiger partial charge in [-0.1, -0.05) is 26.0 Å². The van der Waals surface area contributed by atoms with E-state index in [9.17, 15) is 9.59 Å². The van der Waals surface area contributed by atoms with Crippen molar-refractivity contribution in [1.82, 2.24) is 14.3 Å². The van der Waals surface area contributed by atoms with E-state index in [0.29, 0.717) is 32.0 Å². The standard InChI is InChI=1S/C20H22N4O3S/c1-13(2)18(25)21-15-5-3-14(4-6-15)16-11-24-17(12-28-20(24)22-16)19(26)23-7-9-27-10-8-23/h3-6,11-13H,7-10H2,1-2H3,(H,21,25). The predicted octanol–water partition coefficient (Wildman–Crippen LogP) is 3.13. The van der Waals surface area contributed by atoms with Crippen LogP contribution in [0.15, 0.2) is 35.8 Å². The third-order valence-corrected chi connectivity index (χ3v) is 5.54. The Kier molecular flexibility index (Phi) is 5.15. The number of anilines is 1. The fourth-order valence-corrected chi connectivity index (χ4v) is 3.86. The molecule has 146 valence electrons. The van der Waals surface area contributed by atoms with Crippen LogP contribution in [0.3, 0.4) is 0 Å². The van der Waals surface area contributed by atoms with Gasteiger partial charge in [0.05, 0.1) is 18.9 Å². The summed E-state index contributed by atoms with van der Waals surface area (Å²) in [7, 11) is 0. The van der Waals surface area contributed by atoms with Gasteiger partial charge in [-0.2, -0.15) is 0 Å². The lowest BCUT2D eigenvalue weighted by Crippen LogP contribution is -2.41. The maximum atomic E-state index is 12.8. The van der Waals surface area contributed by atoms with E-state index in [1.807, 2.05) is 59.0 Å². The molecule has 3 aromatic rings. The van der Waals surface area contributed by atoms with Crippen LogP contribution in [-0.2, 0) is 9.53 Å². The molecule has 0 atom stereocenters. The summed E-state index contributed by atoms with van der Waals surface area (Å²) < 4.78 is 7.18. The molecular formula is C20H22N4O3S. The zero-order valence-corrected chi connectivity index (χ0v) is 16.7. The van der Waals surface area contributed by atoms with Gasteiger partial charge >= 0.3 is 0 Å². The summed E-state index contributed by atoms with van der Waals surface area (Å²) in [6.07, 6.45) is 1.89. The number of thiazole rings is 1. The SMILES string of the molecule is CC(C)C(=O)Nc1ccc(-c2cn3c(C(=O)N4CCOCC4)csc3n2)cc1. The smallest absolute Gasteiger partial charge is 0.271 e. The molecule has 1 aliphatic rings. The van der Waals surface area contributed by atoms with Crippen molar-refractivity contribution in [3.05, 3.63) is 41.5 Å². The van der Waals surface area contributed by atoms with Crippen molar-refractivity contribution in [2.45, 2.75) is 13.8 Å². The van der Waals surface area contributed by atoms with Crippen LogP contribution in [-0.4, -0.2) is 52.4 Å². The van der Waals surface area contributed by atoms with Gasteiger partial charge in [-0.15, -0.1) is 11.3 Å². The zero-order chi connectivity index (χ0) is 19.7. The maximum absolute atomic E-state index is 12.8. The highest BCUT2D eigenvalue weighted by molar-refractivity contribution is 7.15. The number of aromatic nitrogens is 2. The van der Waals surface area contributed by atoms with Crippen LogP contribution in [0.2, 0.25) is 0 Å². The monoisotopic (exact) mass is 398 g/mol. The maximum Gasteiger partial charge on any atom is 0.271 e. The molecule has 0 aliphatic carbocycles. The lowest BCUT2D eigenvalue weighted by Gasteiger charge is -2.26. The second-order valence-electron chi connectivity index (χ2n) is 7.03. The summed E-state index contributed by atoms with van der Waals surface area (Å²) in [6.45, 7) is 6.10. The molecule has 3 heterocycles. The molecule has 1 aliphatic heterocycles. The summed E-state index contributed by atoms with van der Waals surface area (Å²) in [4.78, 5) is 31.9. The molecule has 1 saturated heterocycles. The van der Waals surface area contributed by atoms with Crippen molar-refractivity contribution in [2.24, 2.45) is 5.92 Å². The Morgan fingerprint density at radius 3 is 2.57 bits per heavy atom. The van der Waals surface area contributed by atoms with Crippen LogP contribution in [0.25, 0.3) is 16.2 Å². The molecule has 0 unspecified atom stereocenters. The second-order valence-corrected chi connectivity index (χ2v) is 7.86. The van der Waals surface area contributed by atoms with E-state index in [0.717, 1.165) is 21.9 Å². The summed E-state index contributed by atoms with van der Waals surface area (Å²) in [5.74, 6) is -0.0752. The van der Waals surface area contributed by atoms with Crippen molar-refractivity contribution in [1.29, 1.82) is 0 Å². The highest BCUT2D eigenvalue weighted by atomic mass is 32.1. The van der Waals surface area contributed by atoms with Crippen LogP contribution < -0.4 is 5.32 Å². The Morgan fingerprint density at radius 2 is 1.89 bits per heavy atom. The van der Waals surface area contributed by atoms with Gasteiger partial charge in [0.2, 0.25) is 5.91 Å². The molecule has 28 heavy (non-hydrogen) atoms.